The lowest BCUT2D eigenvalue weighted by Gasteiger charge is -2.24. The topological polar surface area (TPSA) is 38.9 Å². The average Bonchev–Trinajstić information content (AvgIpc) is 3.72. The van der Waals surface area contributed by atoms with Crippen LogP contribution < -0.4 is 0 Å². The lowest BCUT2D eigenvalue weighted by Crippen LogP contribution is -2.16. The van der Waals surface area contributed by atoms with E-state index in [0.29, 0.717) is 0 Å². The Kier molecular flexibility index (Phi) is 5.69. The Morgan fingerprint density at radius 3 is 1.84 bits per heavy atom. The summed E-state index contributed by atoms with van der Waals surface area (Å²) in [7, 11) is 0. The number of hydrogen-bond acceptors (Lipinski definition) is 3. The highest BCUT2D eigenvalue weighted by molar-refractivity contribution is 6.09. The van der Waals surface area contributed by atoms with Crippen LogP contribution in [0.4, 0.5) is 0 Å². The van der Waals surface area contributed by atoms with Crippen LogP contribution >= 0.6 is 0 Å². The van der Waals surface area contributed by atoms with Gasteiger partial charge in [-0.05, 0) is 62.7 Å². The maximum atomic E-state index is 6.57. The first-order valence-corrected chi connectivity index (χ1v) is 17.1. The molecule has 2 aromatic heterocycles. The van der Waals surface area contributed by atoms with Crippen LogP contribution in [0.2, 0.25) is 0 Å². The number of hydrogen-bond donors (Lipinski definition) is 0. The normalized spacial score (nSPS) is 14.9. The smallest absolute Gasteiger partial charge is 0.160 e. The molecule has 0 N–H and O–H groups in total. The van der Waals surface area contributed by atoms with Crippen LogP contribution in [0.1, 0.15) is 49.9 Å². The number of aromatic nitrogens is 2. The molecule has 0 atom stereocenters. The maximum Gasteiger partial charge on any atom is 0.160 e. The molecule has 3 heteroatoms. The van der Waals surface area contributed by atoms with Gasteiger partial charge in [0.25, 0.3) is 0 Å². The van der Waals surface area contributed by atoms with E-state index in [1.165, 1.54) is 44.5 Å². The molecule has 49 heavy (non-hydrogen) atoms. The van der Waals surface area contributed by atoms with Gasteiger partial charge in [0.2, 0.25) is 0 Å². The summed E-state index contributed by atoms with van der Waals surface area (Å²) in [5.41, 5.74) is 16.6. The van der Waals surface area contributed by atoms with Crippen molar-refractivity contribution in [1.29, 1.82) is 0 Å². The predicted octanol–water partition coefficient (Wildman–Crippen LogP) is 12.0. The number of rotatable bonds is 3. The second-order valence-corrected chi connectivity index (χ2v) is 14.5. The zero-order valence-corrected chi connectivity index (χ0v) is 28.0. The minimum Gasteiger partial charge on any atom is -0.455 e. The minimum absolute atomic E-state index is 0.115. The van der Waals surface area contributed by atoms with Gasteiger partial charge in [0, 0.05) is 38.3 Å². The first-order chi connectivity index (χ1) is 23.8. The van der Waals surface area contributed by atoms with Gasteiger partial charge in [-0.2, -0.15) is 0 Å². The molecule has 10 rings (SSSR count). The van der Waals surface area contributed by atoms with Crippen LogP contribution in [-0.4, -0.2) is 9.97 Å². The highest BCUT2D eigenvalue weighted by Gasteiger charge is 2.39. The van der Waals surface area contributed by atoms with Gasteiger partial charge in [-0.3, -0.25) is 0 Å². The van der Waals surface area contributed by atoms with E-state index in [4.69, 9.17) is 14.4 Å². The Morgan fingerprint density at radius 2 is 1.00 bits per heavy atom. The van der Waals surface area contributed by atoms with Crippen molar-refractivity contribution in [2.75, 3.05) is 0 Å². The fourth-order valence-electron chi connectivity index (χ4n) is 8.79. The fourth-order valence-corrected chi connectivity index (χ4v) is 8.79. The summed E-state index contributed by atoms with van der Waals surface area (Å²) >= 11 is 0. The van der Waals surface area contributed by atoms with Crippen molar-refractivity contribution in [3.8, 4) is 56.2 Å². The van der Waals surface area contributed by atoms with Crippen molar-refractivity contribution in [3.63, 3.8) is 0 Å². The second kappa shape index (κ2) is 9.87. The third kappa shape index (κ3) is 3.84. The van der Waals surface area contributed by atoms with Crippen molar-refractivity contribution in [1.82, 2.24) is 9.97 Å². The molecule has 8 aromatic rings. The number of benzene rings is 6. The van der Waals surface area contributed by atoms with Gasteiger partial charge in [0.15, 0.2) is 5.82 Å². The van der Waals surface area contributed by atoms with E-state index in [9.17, 15) is 0 Å². The molecule has 3 nitrogen and oxygen atoms in total. The number of nitrogens with zero attached hydrogens (tertiary/aromatic N) is 2. The Balaban J connectivity index is 1.28. The van der Waals surface area contributed by atoms with Gasteiger partial charge in [-0.1, -0.05) is 143 Å². The van der Waals surface area contributed by atoms with E-state index in [1.807, 2.05) is 12.1 Å². The molecule has 0 fully saturated rings. The molecular weight excluding hydrogens is 597 g/mol. The van der Waals surface area contributed by atoms with Crippen LogP contribution in [0.25, 0.3) is 78.1 Å². The number of furan rings is 1. The van der Waals surface area contributed by atoms with E-state index in [0.717, 1.165) is 55.8 Å². The molecule has 234 valence electrons. The van der Waals surface area contributed by atoms with Gasteiger partial charge in [-0.25, -0.2) is 9.97 Å². The van der Waals surface area contributed by atoms with E-state index in [-0.39, 0.29) is 10.8 Å². The molecule has 6 aromatic carbocycles. The van der Waals surface area contributed by atoms with Crippen molar-refractivity contribution < 1.29 is 4.42 Å². The summed E-state index contributed by atoms with van der Waals surface area (Å²) in [5, 5.41) is 2.19. The molecule has 0 unspecified atom stereocenters. The summed E-state index contributed by atoms with van der Waals surface area (Å²) < 4.78 is 6.57. The number of fused-ring (bicyclic) bond motifs is 9. The van der Waals surface area contributed by atoms with Gasteiger partial charge in [-0.15, -0.1) is 0 Å². The molecule has 0 amide bonds. The van der Waals surface area contributed by atoms with Gasteiger partial charge >= 0.3 is 0 Å². The lowest BCUT2D eigenvalue weighted by molar-refractivity contribution is 0.660. The zero-order valence-electron chi connectivity index (χ0n) is 28.0. The Bertz CT molecular complexity index is 2670. The van der Waals surface area contributed by atoms with Crippen LogP contribution in [-0.2, 0) is 10.8 Å². The standard InChI is InChI=1S/C46H34N2O/c1-45(2)36-23-9-6-16-31(36)41-32(19-13-24-37(41)45)38-26-39(33-20-12-18-30-28-15-7-10-25-40(28)49-43(30)33)48-44(47-38)34-21-11-17-29-27-14-5-8-22-35(27)46(3,4)42(29)34/h5-26H,1-4H3. The molecule has 0 radical (unpaired) electrons. The highest BCUT2D eigenvalue weighted by Crippen LogP contribution is 2.54. The second-order valence-electron chi connectivity index (χ2n) is 14.5. The largest absolute Gasteiger partial charge is 0.455 e. The van der Waals surface area contributed by atoms with Crippen LogP contribution in [0, 0.1) is 0 Å². The first-order valence-electron chi connectivity index (χ1n) is 17.1. The van der Waals surface area contributed by atoms with E-state index in [1.54, 1.807) is 0 Å². The molecular formula is C46H34N2O. The van der Waals surface area contributed by atoms with Crippen molar-refractivity contribution >= 4 is 21.9 Å². The van der Waals surface area contributed by atoms with Gasteiger partial charge < -0.3 is 4.42 Å². The Labute approximate surface area is 285 Å². The van der Waals surface area contributed by atoms with Crippen molar-refractivity contribution in [3.05, 3.63) is 156 Å². The zero-order chi connectivity index (χ0) is 33.1. The summed E-state index contributed by atoms with van der Waals surface area (Å²) in [6, 6.07) is 47.7. The molecule has 2 aliphatic carbocycles. The van der Waals surface area contributed by atoms with Gasteiger partial charge in [0.05, 0.1) is 11.4 Å². The summed E-state index contributed by atoms with van der Waals surface area (Å²) in [6.45, 7) is 9.30. The molecule has 2 heterocycles. The third-order valence-corrected chi connectivity index (χ3v) is 11.1. The van der Waals surface area contributed by atoms with E-state index < -0.39 is 0 Å². The van der Waals surface area contributed by atoms with Crippen LogP contribution in [0.15, 0.2) is 138 Å². The van der Waals surface area contributed by atoms with Crippen molar-refractivity contribution in [2.24, 2.45) is 0 Å². The Hall–Kier alpha value is -5.80. The SMILES string of the molecule is CC1(C)c2ccccc2-c2c(-c3cc(-c4cccc5c4oc4ccccc45)nc(-c4cccc5c4C(C)(C)c4ccccc4-5)n3)cccc21. The summed E-state index contributed by atoms with van der Waals surface area (Å²) in [5.74, 6) is 0.724. The molecule has 0 bridgehead atoms. The Morgan fingerprint density at radius 1 is 0.449 bits per heavy atom. The van der Waals surface area contributed by atoms with E-state index >= 15 is 0 Å². The lowest BCUT2D eigenvalue weighted by atomic mass is 9.80. The van der Waals surface area contributed by atoms with Crippen LogP contribution in [0.5, 0.6) is 0 Å². The maximum absolute atomic E-state index is 6.57. The minimum atomic E-state index is -0.211. The van der Waals surface area contributed by atoms with Crippen molar-refractivity contribution in [2.45, 2.75) is 38.5 Å². The predicted molar refractivity (Wildman–Crippen MR) is 201 cm³/mol. The van der Waals surface area contributed by atoms with E-state index in [2.05, 4.69) is 149 Å². The monoisotopic (exact) mass is 630 g/mol. The summed E-state index contributed by atoms with van der Waals surface area (Å²) in [4.78, 5) is 10.9. The molecule has 2 aliphatic rings. The highest BCUT2D eigenvalue weighted by atomic mass is 16.3. The number of para-hydroxylation sites is 2. The quantitative estimate of drug-likeness (QED) is 0.195. The van der Waals surface area contributed by atoms with Gasteiger partial charge in [0.1, 0.15) is 11.2 Å². The van der Waals surface area contributed by atoms with Crippen LogP contribution in [0.3, 0.4) is 0 Å². The molecule has 0 saturated carbocycles. The molecule has 0 saturated heterocycles. The third-order valence-electron chi connectivity index (χ3n) is 11.1. The molecule has 0 aliphatic heterocycles. The average molecular weight is 631 g/mol. The fraction of sp³-hybridized carbons (Fsp3) is 0.130. The molecule has 0 spiro atoms. The summed E-state index contributed by atoms with van der Waals surface area (Å²) in [6.07, 6.45) is 0. The first kappa shape index (κ1) is 28.2.